The predicted octanol–water partition coefficient (Wildman–Crippen LogP) is -1.86. The fourth-order valence-corrected chi connectivity index (χ4v) is 0.599. The van der Waals surface area contributed by atoms with Crippen molar-refractivity contribution in [2.24, 2.45) is 10.7 Å². The molecule has 5 heteroatoms. The maximum absolute atomic E-state index is 10.4. The van der Waals surface area contributed by atoms with Gasteiger partial charge in [0.05, 0.1) is 6.42 Å². The van der Waals surface area contributed by atoms with Gasteiger partial charge in [0.15, 0.2) is 5.96 Å². The van der Waals surface area contributed by atoms with Crippen LogP contribution in [0.2, 0.25) is 0 Å². The lowest BCUT2D eigenvalue weighted by Crippen LogP contribution is -2.44. The Balaban J connectivity index is 2.67. The second-order valence-corrected chi connectivity index (χ2v) is 1.76. The van der Waals surface area contributed by atoms with Gasteiger partial charge >= 0.3 is 0 Å². The molecule has 0 aromatic heterocycles. The molecule has 50 valence electrons. The Morgan fingerprint density at radius 2 is 2.56 bits per heavy atom. The second-order valence-electron chi connectivity index (χ2n) is 1.76. The molecule has 0 fully saturated rings. The van der Waals surface area contributed by atoms with E-state index < -0.39 is 12.1 Å². The zero-order valence-electron chi connectivity index (χ0n) is 4.66. The van der Waals surface area contributed by atoms with Gasteiger partial charge in [-0.3, -0.25) is 4.79 Å². The van der Waals surface area contributed by atoms with Gasteiger partial charge in [0.1, 0.15) is 6.23 Å². The molecule has 0 aliphatic carbocycles. The summed E-state index contributed by atoms with van der Waals surface area (Å²) in [6.07, 6.45) is -0.865. The Labute approximate surface area is 51.6 Å². The first-order valence-corrected chi connectivity index (χ1v) is 2.50. The first kappa shape index (κ1) is 6.03. The highest BCUT2D eigenvalue weighted by molar-refractivity contribution is 5.94. The van der Waals surface area contributed by atoms with Crippen LogP contribution in [0.15, 0.2) is 4.99 Å². The van der Waals surface area contributed by atoms with E-state index in [4.69, 9.17) is 10.8 Å². The molecule has 0 aromatic rings. The number of hydrogen-bond acceptors (Lipinski definition) is 4. The van der Waals surface area contributed by atoms with Crippen LogP contribution in [0.1, 0.15) is 6.42 Å². The molecule has 5 nitrogen and oxygen atoms in total. The van der Waals surface area contributed by atoms with Crippen LogP contribution < -0.4 is 11.1 Å². The first-order chi connectivity index (χ1) is 4.18. The van der Waals surface area contributed by atoms with Crippen LogP contribution in [0.4, 0.5) is 0 Å². The lowest BCUT2D eigenvalue weighted by atomic mass is 10.3. The molecule has 1 heterocycles. The number of aliphatic imine (C=N–C) groups is 1. The summed E-state index contributed by atoms with van der Waals surface area (Å²) in [5.74, 6) is -0.405. The fourth-order valence-electron chi connectivity index (χ4n) is 0.599. The highest BCUT2D eigenvalue weighted by Crippen LogP contribution is 1.94. The molecule has 0 aromatic carbocycles. The van der Waals surface area contributed by atoms with Gasteiger partial charge in [0, 0.05) is 0 Å². The van der Waals surface area contributed by atoms with Gasteiger partial charge in [-0.05, 0) is 0 Å². The van der Waals surface area contributed by atoms with Gasteiger partial charge in [0.2, 0.25) is 0 Å². The van der Waals surface area contributed by atoms with Crippen molar-refractivity contribution in [1.29, 1.82) is 0 Å². The van der Waals surface area contributed by atoms with Crippen molar-refractivity contribution >= 4 is 11.9 Å². The normalized spacial score (nSPS) is 27.0. The Morgan fingerprint density at radius 3 is 3.00 bits per heavy atom. The summed E-state index contributed by atoms with van der Waals surface area (Å²) in [5, 5.41) is 11.1. The largest absolute Gasteiger partial charge is 0.373 e. The van der Waals surface area contributed by atoms with Crippen molar-refractivity contribution in [3.05, 3.63) is 0 Å². The minimum Gasteiger partial charge on any atom is -0.373 e. The van der Waals surface area contributed by atoms with Crippen molar-refractivity contribution in [2.45, 2.75) is 12.6 Å². The minimum absolute atomic E-state index is 0.000694. The maximum Gasteiger partial charge on any atom is 0.253 e. The monoisotopic (exact) mass is 129 g/mol. The van der Waals surface area contributed by atoms with Gasteiger partial charge in [-0.2, -0.15) is 4.99 Å². The minimum atomic E-state index is -0.866. The van der Waals surface area contributed by atoms with E-state index in [1.807, 2.05) is 0 Å². The van der Waals surface area contributed by atoms with Crippen molar-refractivity contribution in [3.63, 3.8) is 0 Å². The highest BCUT2D eigenvalue weighted by Gasteiger charge is 2.15. The SMILES string of the molecule is NC1=NC(=O)CC(O)N1. The number of aliphatic hydroxyl groups excluding tert-OH is 1. The quantitative estimate of drug-likeness (QED) is 0.358. The van der Waals surface area contributed by atoms with Gasteiger partial charge in [-0.1, -0.05) is 0 Å². The molecule has 1 unspecified atom stereocenters. The number of nitrogens with zero attached hydrogens (tertiary/aromatic N) is 1. The van der Waals surface area contributed by atoms with E-state index in [2.05, 4.69) is 10.3 Å². The number of hydrogen-bond donors (Lipinski definition) is 3. The van der Waals surface area contributed by atoms with Crippen molar-refractivity contribution in [2.75, 3.05) is 0 Å². The molecule has 0 saturated carbocycles. The van der Waals surface area contributed by atoms with Gasteiger partial charge < -0.3 is 16.2 Å². The Bertz CT molecular complexity index is 165. The number of carbonyl (C=O) groups excluding carboxylic acids is 1. The van der Waals surface area contributed by atoms with Crippen LogP contribution in [0, 0.1) is 0 Å². The summed E-state index contributed by atoms with van der Waals surface area (Å²) in [5.41, 5.74) is 5.07. The lowest BCUT2D eigenvalue weighted by molar-refractivity contribution is -0.120. The van der Waals surface area contributed by atoms with Gasteiger partial charge in [-0.25, -0.2) is 0 Å². The number of amides is 1. The molecule has 0 saturated heterocycles. The van der Waals surface area contributed by atoms with E-state index in [9.17, 15) is 4.79 Å². The summed E-state index contributed by atoms with van der Waals surface area (Å²) in [4.78, 5) is 13.7. The third-order valence-corrected chi connectivity index (χ3v) is 0.928. The third kappa shape index (κ3) is 1.39. The van der Waals surface area contributed by atoms with Crippen LogP contribution in [-0.4, -0.2) is 23.2 Å². The zero-order chi connectivity index (χ0) is 6.85. The van der Waals surface area contributed by atoms with E-state index in [1.54, 1.807) is 0 Å². The topological polar surface area (TPSA) is 87.7 Å². The molecule has 4 N–H and O–H groups in total. The molecule has 1 rings (SSSR count). The van der Waals surface area contributed by atoms with E-state index >= 15 is 0 Å². The molecule has 1 atom stereocenters. The Hall–Kier alpha value is -1.10. The Kier molecular flexibility index (Phi) is 1.35. The van der Waals surface area contributed by atoms with E-state index in [0.29, 0.717) is 0 Å². The van der Waals surface area contributed by atoms with Crippen LogP contribution in [0.25, 0.3) is 0 Å². The number of aliphatic hydroxyl groups is 1. The third-order valence-electron chi connectivity index (χ3n) is 0.928. The maximum atomic E-state index is 10.4. The number of nitrogens with two attached hydrogens (primary N) is 1. The highest BCUT2D eigenvalue weighted by atomic mass is 16.3. The first-order valence-electron chi connectivity index (χ1n) is 2.50. The predicted molar refractivity (Wildman–Crippen MR) is 30.4 cm³/mol. The second kappa shape index (κ2) is 2.02. The summed E-state index contributed by atoms with van der Waals surface area (Å²) >= 11 is 0. The Morgan fingerprint density at radius 1 is 1.89 bits per heavy atom. The van der Waals surface area contributed by atoms with Crippen LogP contribution >= 0.6 is 0 Å². The number of carbonyl (C=O) groups is 1. The summed E-state index contributed by atoms with van der Waals surface area (Å²) in [6.45, 7) is 0. The molecular weight excluding hydrogens is 122 g/mol. The van der Waals surface area contributed by atoms with E-state index in [1.165, 1.54) is 0 Å². The average molecular weight is 129 g/mol. The average Bonchev–Trinajstić information content (AvgIpc) is 1.59. The zero-order valence-corrected chi connectivity index (χ0v) is 4.66. The van der Waals surface area contributed by atoms with Crippen LogP contribution in [-0.2, 0) is 4.79 Å². The molecule has 0 spiro atoms. The number of nitrogens with one attached hydrogen (secondary N) is 1. The molecule has 1 aliphatic heterocycles. The molecular formula is C4H7N3O2. The lowest BCUT2D eigenvalue weighted by Gasteiger charge is -2.15. The van der Waals surface area contributed by atoms with Crippen molar-refractivity contribution < 1.29 is 9.90 Å². The number of rotatable bonds is 0. The van der Waals surface area contributed by atoms with E-state index in [0.717, 1.165) is 0 Å². The smallest absolute Gasteiger partial charge is 0.253 e. The fraction of sp³-hybridized carbons (Fsp3) is 0.500. The van der Waals surface area contributed by atoms with Crippen molar-refractivity contribution in [1.82, 2.24) is 5.32 Å². The van der Waals surface area contributed by atoms with E-state index in [-0.39, 0.29) is 12.4 Å². The van der Waals surface area contributed by atoms with Crippen LogP contribution in [0.5, 0.6) is 0 Å². The molecule has 1 aliphatic rings. The molecule has 0 bridgehead atoms. The van der Waals surface area contributed by atoms with Gasteiger partial charge in [-0.15, -0.1) is 0 Å². The van der Waals surface area contributed by atoms with Crippen molar-refractivity contribution in [3.8, 4) is 0 Å². The molecule has 1 amide bonds. The standard InChI is InChI=1S/C4H7N3O2/c5-4-6-2(8)1-3(9)7-4/h2,8H,1H2,(H3,5,6,7,9). The summed E-state index contributed by atoms with van der Waals surface area (Å²) in [6, 6.07) is 0. The van der Waals surface area contributed by atoms with Gasteiger partial charge in [0.25, 0.3) is 5.91 Å². The molecule has 0 radical (unpaired) electrons. The van der Waals surface area contributed by atoms with Crippen LogP contribution in [0.3, 0.4) is 0 Å². The summed E-state index contributed by atoms with van der Waals surface area (Å²) < 4.78 is 0. The molecule has 9 heavy (non-hydrogen) atoms. The number of guanidine groups is 1. The summed E-state index contributed by atoms with van der Waals surface area (Å²) in [7, 11) is 0.